The van der Waals surface area contributed by atoms with E-state index >= 15 is 0 Å². The van der Waals surface area contributed by atoms with Crippen LogP contribution < -0.4 is 5.32 Å². The van der Waals surface area contributed by atoms with Gasteiger partial charge in [0.1, 0.15) is 0 Å². The Kier molecular flexibility index (Phi) is 6.48. The summed E-state index contributed by atoms with van der Waals surface area (Å²) in [6.07, 6.45) is 1.15. The Morgan fingerprint density at radius 1 is 1.12 bits per heavy atom. The minimum absolute atomic E-state index is 0.0493. The molecule has 1 aliphatic rings. The molecule has 1 heterocycles. The number of aliphatic hydroxyl groups is 2. The van der Waals surface area contributed by atoms with Gasteiger partial charge in [-0.1, -0.05) is 40.2 Å². The maximum atomic E-state index is 9.79. The van der Waals surface area contributed by atoms with Crippen molar-refractivity contribution >= 4 is 21.6 Å². The van der Waals surface area contributed by atoms with E-state index in [-0.39, 0.29) is 18.8 Å². The second kappa shape index (κ2) is 8.81. The lowest BCUT2D eigenvalue weighted by atomic mass is 9.99. The molecular weight excluding hydrogens is 380 g/mol. The average molecular weight is 405 g/mol. The van der Waals surface area contributed by atoms with Crippen LogP contribution in [-0.2, 0) is 13.1 Å². The number of hydrogen-bond donors (Lipinski definition) is 3. The number of nitrogens with one attached hydrogen (secondary N) is 1. The molecule has 0 bridgehead atoms. The summed E-state index contributed by atoms with van der Waals surface area (Å²) in [6, 6.07) is 16.8. The van der Waals surface area contributed by atoms with Gasteiger partial charge in [0, 0.05) is 35.8 Å². The van der Waals surface area contributed by atoms with Gasteiger partial charge in [-0.25, -0.2) is 0 Å². The predicted molar refractivity (Wildman–Crippen MR) is 104 cm³/mol. The highest BCUT2D eigenvalue weighted by Crippen LogP contribution is 2.21. The predicted octanol–water partition coefficient (Wildman–Crippen LogP) is 3.38. The van der Waals surface area contributed by atoms with Crippen molar-refractivity contribution in [1.29, 1.82) is 0 Å². The Morgan fingerprint density at radius 2 is 1.88 bits per heavy atom. The van der Waals surface area contributed by atoms with E-state index in [2.05, 4.69) is 62.5 Å². The van der Waals surface area contributed by atoms with Gasteiger partial charge in [0.25, 0.3) is 0 Å². The van der Waals surface area contributed by atoms with Crippen LogP contribution in [0.4, 0.5) is 5.69 Å². The Labute approximate surface area is 157 Å². The van der Waals surface area contributed by atoms with Gasteiger partial charge < -0.3 is 15.5 Å². The molecule has 0 spiro atoms. The minimum Gasteiger partial charge on any atom is -0.395 e. The third-order valence-corrected chi connectivity index (χ3v) is 5.27. The zero-order valence-corrected chi connectivity index (χ0v) is 15.8. The number of nitrogens with zero attached hydrogens (tertiary/aromatic N) is 1. The van der Waals surface area contributed by atoms with Crippen molar-refractivity contribution < 1.29 is 10.2 Å². The minimum atomic E-state index is -0.283. The molecule has 0 aliphatic carbocycles. The summed E-state index contributed by atoms with van der Waals surface area (Å²) in [5, 5.41) is 22.8. The highest BCUT2D eigenvalue weighted by molar-refractivity contribution is 9.10. The third-order valence-electron chi connectivity index (χ3n) is 4.74. The number of hydrogen-bond acceptors (Lipinski definition) is 4. The van der Waals surface area contributed by atoms with Crippen molar-refractivity contribution in [2.45, 2.75) is 38.1 Å². The maximum Gasteiger partial charge on any atom is 0.0587 e. The van der Waals surface area contributed by atoms with Gasteiger partial charge in [0.15, 0.2) is 0 Å². The molecule has 1 fully saturated rings. The van der Waals surface area contributed by atoms with Gasteiger partial charge in [0.05, 0.1) is 12.7 Å². The first-order valence-corrected chi connectivity index (χ1v) is 9.53. The van der Waals surface area contributed by atoms with Crippen LogP contribution in [0.15, 0.2) is 53.0 Å². The van der Waals surface area contributed by atoms with Gasteiger partial charge in [0.2, 0.25) is 0 Å². The average Bonchev–Trinajstić information content (AvgIpc) is 2.63. The Balaban J connectivity index is 1.60. The molecule has 1 aliphatic heterocycles. The van der Waals surface area contributed by atoms with Crippen LogP contribution in [0.2, 0.25) is 0 Å². The van der Waals surface area contributed by atoms with Gasteiger partial charge in [-0.3, -0.25) is 4.90 Å². The lowest BCUT2D eigenvalue weighted by Crippen LogP contribution is -2.45. The zero-order valence-electron chi connectivity index (χ0n) is 14.2. The smallest absolute Gasteiger partial charge is 0.0587 e. The number of aliphatic hydroxyl groups excluding tert-OH is 2. The normalized spacial score (nSPS) is 21.2. The van der Waals surface area contributed by atoms with Crippen LogP contribution in [0, 0.1) is 0 Å². The van der Waals surface area contributed by atoms with Crippen LogP contribution in [0.25, 0.3) is 0 Å². The standard InChI is InChI=1S/C20H25BrN2O2/c21-17-4-6-18(7-5-17)22-12-15-2-1-3-16(10-15)13-23-9-8-20(25)11-19(23)14-24/h1-7,10,19-20,22,24-25H,8-9,11-14H2. The fourth-order valence-electron chi connectivity index (χ4n) is 3.32. The highest BCUT2D eigenvalue weighted by Gasteiger charge is 2.26. The van der Waals surface area contributed by atoms with Crippen molar-refractivity contribution in [3.8, 4) is 0 Å². The molecule has 2 unspecified atom stereocenters. The van der Waals surface area contributed by atoms with Crippen LogP contribution in [-0.4, -0.2) is 40.4 Å². The van der Waals surface area contributed by atoms with Gasteiger partial charge >= 0.3 is 0 Å². The number of likely N-dealkylation sites (tertiary alicyclic amines) is 1. The Bertz CT molecular complexity index is 678. The number of rotatable bonds is 6. The molecular formula is C20H25BrN2O2. The lowest BCUT2D eigenvalue weighted by molar-refractivity contribution is 0.0129. The summed E-state index contributed by atoms with van der Waals surface area (Å²) in [6.45, 7) is 2.51. The van der Waals surface area contributed by atoms with Crippen LogP contribution >= 0.6 is 15.9 Å². The number of anilines is 1. The molecule has 0 saturated carbocycles. The summed E-state index contributed by atoms with van der Waals surface area (Å²) in [7, 11) is 0. The number of halogens is 1. The molecule has 2 atom stereocenters. The highest BCUT2D eigenvalue weighted by atomic mass is 79.9. The molecule has 134 valence electrons. The quantitative estimate of drug-likeness (QED) is 0.690. The van der Waals surface area contributed by atoms with E-state index in [1.165, 1.54) is 11.1 Å². The molecule has 25 heavy (non-hydrogen) atoms. The largest absolute Gasteiger partial charge is 0.395 e. The van der Waals surface area contributed by atoms with E-state index in [4.69, 9.17) is 0 Å². The van der Waals surface area contributed by atoms with E-state index in [0.29, 0.717) is 6.42 Å². The first-order chi connectivity index (χ1) is 12.1. The fourth-order valence-corrected chi connectivity index (χ4v) is 3.59. The molecule has 2 aromatic rings. The summed E-state index contributed by atoms with van der Waals surface area (Å²) < 4.78 is 1.07. The molecule has 5 heteroatoms. The second-order valence-corrected chi connectivity index (χ2v) is 7.58. The SMILES string of the molecule is OCC1CC(O)CCN1Cc1cccc(CNc2ccc(Br)cc2)c1. The summed E-state index contributed by atoms with van der Waals surface area (Å²) >= 11 is 3.45. The number of benzene rings is 2. The van der Waals surface area contributed by atoms with E-state index < -0.39 is 0 Å². The maximum absolute atomic E-state index is 9.79. The first kappa shape index (κ1) is 18.4. The number of piperidine rings is 1. The summed E-state index contributed by atoms with van der Waals surface area (Å²) in [5.41, 5.74) is 3.57. The summed E-state index contributed by atoms with van der Waals surface area (Å²) in [5.74, 6) is 0. The molecule has 0 radical (unpaired) electrons. The fraction of sp³-hybridized carbons (Fsp3) is 0.400. The van der Waals surface area contributed by atoms with Crippen LogP contribution in [0.5, 0.6) is 0 Å². The van der Waals surface area contributed by atoms with E-state index in [0.717, 1.165) is 36.2 Å². The topological polar surface area (TPSA) is 55.7 Å². The molecule has 0 aromatic heterocycles. The van der Waals surface area contributed by atoms with Crippen molar-refractivity contribution in [2.75, 3.05) is 18.5 Å². The van der Waals surface area contributed by atoms with E-state index in [9.17, 15) is 10.2 Å². The van der Waals surface area contributed by atoms with E-state index in [1.54, 1.807) is 0 Å². The molecule has 4 nitrogen and oxygen atoms in total. The van der Waals surface area contributed by atoms with Crippen molar-refractivity contribution in [3.05, 3.63) is 64.1 Å². The Hall–Kier alpha value is -1.40. The van der Waals surface area contributed by atoms with Crippen molar-refractivity contribution in [3.63, 3.8) is 0 Å². The Morgan fingerprint density at radius 3 is 2.64 bits per heavy atom. The third kappa shape index (κ3) is 5.28. The van der Waals surface area contributed by atoms with Gasteiger partial charge in [-0.2, -0.15) is 0 Å². The molecule has 1 saturated heterocycles. The second-order valence-electron chi connectivity index (χ2n) is 6.67. The lowest BCUT2D eigenvalue weighted by Gasteiger charge is -2.37. The molecule has 3 N–H and O–H groups in total. The van der Waals surface area contributed by atoms with E-state index in [1.807, 2.05) is 12.1 Å². The monoisotopic (exact) mass is 404 g/mol. The van der Waals surface area contributed by atoms with Crippen molar-refractivity contribution in [1.82, 2.24) is 4.90 Å². The van der Waals surface area contributed by atoms with Gasteiger partial charge in [-0.05, 0) is 48.2 Å². The molecule has 2 aromatic carbocycles. The van der Waals surface area contributed by atoms with Crippen LogP contribution in [0.1, 0.15) is 24.0 Å². The molecule has 0 amide bonds. The molecule has 3 rings (SSSR count). The van der Waals surface area contributed by atoms with Crippen molar-refractivity contribution in [2.24, 2.45) is 0 Å². The van der Waals surface area contributed by atoms with Gasteiger partial charge in [-0.15, -0.1) is 0 Å². The summed E-state index contributed by atoms with van der Waals surface area (Å²) in [4.78, 5) is 2.27. The zero-order chi connectivity index (χ0) is 17.6. The van der Waals surface area contributed by atoms with Crippen LogP contribution in [0.3, 0.4) is 0 Å². The first-order valence-electron chi connectivity index (χ1n) is 8.74.